The molecule has 0 bridgehead atoms. The SMILES string of the molecule is CC1NC1C(C)C(C)C1CC1. The van der Waals surface area contributed by atoms with E-state index in [0.29, 0.717) is 0 Å². The molecule has 1 saturated heterocycles. The molecule has 1 heteroatoms. The summed E-state index contributed by atoms with van der Waals surface area (Å²) in [5.74, 6) is 2.93. The van der Waals surface area contributed by atoms with E-state index < -0.39 is 0 Å². The summed E-state index contributed by atoms with van der Waals surface area (Å²) < 4.78 is 0. The largest absolute Gasteiger partial charge is 0.308 e. The summed E-state index contributed by atoms with van der Waals surface area (Å²) in [6.07, 6.45) is 2.99. The molecule has 4 unspecified atom stereocenters. The molecule has 1 nitrogen and oxygen atoms in total. The summed E-state index contributed by atoms with van der Waals surface area (Å²) in [6, 6.07) is 1.64. The van der Waals surface area contributed by atoms with Gasteiger partial charge in [0.15, 0.2) is 0 Å². The van der Waals surface area contributed by atoms with E-state index in [0.717, 1.165) is 29.8 Å². The van der Waals surface area contributed by atoms with Crippen LogP contribution in [-0.2, 0) is 0 Å². The van der Waals surface area contributed by atoms with Gasteiger partial charge in [0, 0.05) is 12.1 Å². The molecule has 2 fully saturated rings. The van der Waals surface area contributed by atoms with Crippen molar-refractivity contribution in [3.05, 3.63) is 0 Å². The van der Waals surface area contributed by atoms with Gasteiger partial charge in [-0.3, -0.25) is 0 Å². The highest BCUT2D eigenvalue weighted by Gasteiger charge is 2.42. The van der Waals surface area contributed by atoms with Crippen LogP contribution in [0.15, 0.2) is 0 Å². The van der Waals surface area contributed by atoms with Crippen molar-refractivity contribution in [3.8, 4) is 0 Å². The first-order valence-electron chi connectivity index (χ1n) is 4.96. The fourth-order valence-electron chi connectivity index (χ4n) is 2.23. The van der Waals surface area contributed by atoms with Crippen molar-refractivity contribution in [2.24, 2.45) is 17.8 Å². The zero-order valence-electron chi connectivity index (χ0n) is 7.80. The molecule has 0 aromatic rings. The molecule has 1 aliphatic carbocycles. The third kappa shape index (κ3) is 1.44. The normalized spacial score (nSPS) is 41.7. The van der Waals surface area contributed by atoms with E-state index in [9.17, 15) is 0 Å². The third-order valence-corrected chi connectivity index (χ3v) is 3.65. The van der Waals surface area contributed by atoms with Crippen molar-refractivity contribution in [1.29, 1.82) is 0 Å². The van der Waals surface area contributed by atoms with Gasteiger partial charge in [-0.15, -0.1) is 0 Å². The quantitative estimate of drug-likeness (QED) is 0.616. The number of rotatable bonds is 3. The standard InChI is InChI=1S/C10H19N/c1-6(9-4-5-9)7(2)10-8(3)11-10/h6-11H,4-5H2,1-3H3. The molecule has 0 aromatic carbocycles. The van der Waals surface area contributed by atoms with Crippen LogP contribution in [0.5, 0.6) is 0 Å². The third-order valence-electron chi connectivity index (χ3n) is 3.65. The van der Waals surface area contributed by atoms with E-state index in [1.165, 1.54) is 12.8 Å². The van der Waals surface area contributed by atoms with Gasteiger partial charge in [0.25, 0.3) is 0 Å². The van der Waals surface area contributed by atoms with Gasteiger partial charge in [0.05, 0.1) is 0 Å². The summed E-state index contributed by atoms with van der Waals surface area (Å²) in [7, 11) is 0. The molecule has 2 rings (SSSR count). The summed E-state index contributed by atoms with van der Waals surface area (Å²) >= 11 is 0. The number of hydrogen-bond acceptors (Lipinski definition) is 1. The van der Waals surface area contributed by atoms with Gasteiger partial charge in [-0.25, -0.2) is 0 Å². The Kier molecular flexibility index (Phi) is 1.71. The zero-order valence-corrected chi connectivity index (χ0v) is 7.80. The van der Waals surface area contributed by atoms with Crippen molar-refractivity contribution in [3.63, 3.8) is 0 Å². The zero-order chi connectivity index (χ0) is 8.01. The molecule has 0 amide bonds. The minimum Gasteiger partial charge on any atom is -0.308 e. The first kappa shape index (κ1) is 7.60. The number of nitrogens with one attached hydrogen (secondary N) is 1. The van der Waals surface area contributed by atoms with Gasteiger partial charge in [-0.2, -0.15) is 0 Å². The van der Waals surface area contributed by atoms with Gasteiger partial charge in [-0.1, -0.05) is 13.8 Å². The van der Waals surface area contributed by atoms with Crippen LogP contribution in [0.25, 0.3) is 0 Å². The Morgan fingerprint density at radius 2 is 1.73 bits per heavy atom. The minimum atomic E-state index is 0.797. The average molecular weight is 153 g/mol. The van der Waals surface area contributed by atoms with Crippen molar-refractivity contribution in [2.75, 3.05) is 0 Å². The molecule has 0 aromatic heterocycles. The Morgan fingerprint density at radius 3 is 2.09 bits per heavy atom. The Bertz CT molecular complexity index is 151. The lowest BCUT2D eigenvalue weighted by Crippen LogP contribution is -2.18. The second kappa shape index (κ2) is 2.48. The first-order valence-corrected chi connectivity index (χ1v) is 4.96. The molecule has 2 aliphatic rings. The fraction of sp³-hybridized carbons (Fsp3) is 1.00. The van der Waals surface area contributed by atoms with E-state index in [-0.39, 0.29) is 0 Å². The molecular formula is C10H19N. The lowest BCUT2D eigenvalue weighted by molar-refractivity contribution is 0.337. The Balaban J connectivity index is 1.83. The van der Waals surface area contributed by atoms with Gasteiger partial charge >= 0.3 is 0 Å². The maximum absolute atomic E-state index is 3.49. The Labute approximate surface area is 69.6 Å². The Morgan fingerprint density at radius 1 is 1.18 bits per heavy atom. The summed E-state index contributed by atoms with van der Waals surface area (Å²) in [6.45, 7) is 7.12. The lowest BCUT2D eigenvalue weighted by Gasteiger charge is -2.17. The van der Waals surface area contributed by atoms with Crippen molar-refractivity contribution in [2.45, 2.75) is 45.7 Å². The van der Waals surface area contributed by atoms with Crippen molar-refractivity contribution in [1.82, 2.24) is 5.32 Å². The molecule has 0 radical (unpaired) electrons. The van der Waals surface area contributed by atoms with Crippen LogP contribution in [0.1, 0.15) is 33.6 Å². The fourth-order valence-corrected chi connectivity index (χ4v) is 2.23. The number of hydrogen-bond donors (Lipinski definition) is 1. The molecule has 1 aliphatic heterocycles. The molecular weight excluding hydrogens is 134 g/mol. The van der Waals surface area contributed by atoms with Crippen molar-refractivity contribution >= 4 is 0 Å². The second-order valence-corrected chi connectivity index (χ2v) is 4.54. The van der Waals surface area contributed by atoms with Gasteiger partial charge < -0.3 is 5.32 Å². The van der Waals surface area contributed by atoms with Crippen LogP contribution >= 0.6 is 0 Å². The first-order chi connectivity index (χ1) is 5.20. The highest BCUT2D eigenvalue weighted by atomic mass is 15.1. The predicted molar refractivity (Wildman–Crippen MR) is 47.4 cm³/mol. The van der Waals surface area contributed by atoms with E-state index in [1.54, 1.807) is 0 Å². The lowest BCUT2D eigenvalue weighted by atomic mass is 9.88. The summed E-state index contributed by atoms with van der Waals surface area (Å²) in [4.78, 5) is 0. The smallest absolute Gasteiger partial charge is 0.0249 e. The molecule has 1 N–H and O–H groups in total. The van der Waals surface area contributed by atoms with E-state index in [4.69, 9.17) is 0 Å². The van der Waals surface area contributed by atoms with Crippen LogP contribution in [0.2, 0.25) is 0 Å². The van der Waals surface area contributed by atoms with Crippen LogP contribution in [0.3, 0.4) is 0 Å². The molecule has 64 valence electrons. The minimum absolute atomic E-state index is 0.797. The highest BCUT2D eigenvalue weighted by Crippen LogP contribution is 2.42. The topological polar surface area (TPSA) is 21.9 Å². The monoisotopic (exact) mass is 153 g/mol. The molecule has 11 heavy (non-hydrogen) atoms. The van der Waals surface area contributed by atoms with Crippen LogP contribution in [0.4, 0.5) is 0 Å². The summed E-state index contributed by atoms with van der Waals surface area (Å²) in [5.41, 5.74) is 0. The maximum atomic E-state index is 3.49. The maximum Gasteiger partial charge on any atom is 0.0249 e. The van der Waals surface area contributed by atoms with Crippen molar-refractivity contribution < 1.29 is 0 Å². The summed E-state index contributed by atoms with van der Waals surface area (Å²) in [5, 5.41) is 3.49. The van der Waals surface area contributed by atoms with Crippen LogP contribution < -0.4 is 5.32 Å². The second-order valence-electron chi connectivity index (χ2n) is 4.54. The molecule has 0 spiro atoms. The highest BCUT2D eigenvalue weighted by molar-refractivity contribution is 5.00. The average Bonchev–Trinajstić information content (AvgIpc) is 2.76. The molecule has 1 saturated carbocycles. The van der Waals surface area contributed by atoms with Gasteiger partial charge in [0.1, 0.15) is 0 Å². The van der Waals surface area contributed by atoms with Gasteiger partial charge in [-0.05, 0) is 37.5 Å². The van der Waals surface area contributed by atoms with E-state index in [1.807, 2.05) is 0 Å². The van der Waals surface area contributed by atoms with E-state index >= 15 is 0 Å². The van der Waals surface area contributed by atoms with Crippen LogP contribution in [0, 0.1) is 17.8 Å². The van der Waals surface area contributed by atoms with E-state index in [2.05, 4.69) is 26.1 Å². The predicted octanol–water partition coefficient (Wildman–Crippen LogP) is 2.03. The Hall–Kier alpha value is -0.0400. The molecule has 1 heterocycles. The molecule has 4 atom stereocenters. The van der Waals surface area contributed by atoms with Gasteiger partial charge in [0.2, 0.25) is 0 Å². The van der Waals surface area contributed by atoms with Crippen LogP contribution in [-0.4, -0.2) is 12.1 Å².